The normalized spacial score (nSPS) is 15.1. The fraction of sp³-hybridized carbons (Fsp3) is 0.500. The molecule has 3 aromatic carbocycles. The standard InChI is InChI=1S/C98H134N26O24/c1-98(2,3)64-22-20-63(21-23-64)89(131)106-55-82(129)100-33-40-146-68-15-12-16-69(54-68)148-62-83(130)123-35-37-124(38-36-123)97(139)70-17-13-18-74(84(70)140-11)147-50-49-145-48-47-144-46-45-143-44-43-142-42-41-141-39-32-99-78(125)24-28-104-94(136)87-114-77(61-121(87)9)115-92(134)73-51-65(56-119(73)7)107-80(127)25-30-105-93(135)86-112-75(59-120(86)8)110-79(126)19-14-27-102-90(132)71-53-67(58-117(71)5)109-96(138)88-113-76(60-122(88)10)111-81(128)26-29-103-91(133)72-52-66(57-118(72)6)108-95(137)85-101-31-34-116(85)4/h12-13,15-18,20-23,31,34,52,54,57,59-61,65,67,71,73H,14,19,24-30,32-33,35-51,53,55-56,58,62H2,1-11H3,(H,99,125)(H,100,129)(H,102,132)(H,103,133)(H,104,136)(H,105,135)(H,106,131)(H,107,127)(H,108,137)(H,109,138)(H,110,126)(H,111,128)(H,115,134). The smallest absolute Gasteiger partial charge is 0.291 e. The minimum atomic E-state index is -0.663. The molecule has 0 spiro atoms. The number of carbonyl (C=O) groups is 15. The van der Waals surface area contributed by atoms with E-state index in [9.17, 15) is 71.9 Å². The lowest BCUT2D eigenvalue weighted by molar-refractivity contribution is -0.135. The Balaban J connectivity index is 0.450. The maximum atomic E-state index is 13.8. The molecule has 3 fully saturated rings. The van der Waals surface area contributed by atoms with Crippen molar-refractivity contribution in [2.75, 3.05) is 213 Å². The van der Waals surface area contributed by atoms with Crippen molar-refractivity contribution < 1.29 is 115 Å². The molecule has 800 valence electrons. The molecule has 15 amide bonds. The molecule has 13 N–H and O–H groups in total. The van der Waals surface area contributed by atoms with Gasteiger partial charge in [-0.3, -0.25) is 81.7 Å². The van der Waals surface area contributed by atoms with E-state index in [0.29, 0.717) is 106 Å². The molecule has 0 saturated carbocycles. The van der Waals surface area contributed by atoms with Crippen LogP contribution in [0.1, 0.15) is 145 Å². The minimum absolute atomic E-state index is 0.00488. The predicted octanol–water partition coefficient (Wildman–Crippen LogP) is 0.248. The summed E-state index contributed by atoms with van der Waals surface area (Å²) in [5, 5.41) is 35.6. The number of nitrogens with one attached hydrogen (secondary N) is 13. The van der Waals surface area contributed by atoms with Gasteiger partial charge < -0.3 is 144 Å². The Kier molecular flexibility index (Phi) is 43.1. The largest absolute Gasteiger partial charge is 0.492 e. The topological polar surface area (TPSA) is 585 Å². The quantitative estimate of drug-likeness (QED) is 0.0227. The highest BCUT2D eigenvalue weighted by Gasteiger charge is 2.39. The van der Waals surface area contributed by atoms with Gasteiger partial charge in [-0.15, -0.1) is 0 Å². The van der Waals surface area contributed by atoms with Crippen molar-refractivity contribution in [3.05, 3.63) is 156 Å². The lowest BCUT2D eigenvalue weighted by Gasteiger charge is -2.35. The number of hydrogen-bond acceptors (Lipinski definition) is 30. The van der Waals surface area contributed by atoms with Crippen LogP contribution < -0.4 is 88.1 Å². The van der Waals surface area contributed by atoms with Crippen LogP contribution in [0.25, 0.3) is 0 Å². The first-order valence-corrected chi connectivity index (χ1v) is 48.7. The van der Waals surface area contributed by atoms with Gasteiger partial charge in [0.25, 0.3) is 47.3 Å². The highest BCUT2D eigenvalue weighted by Crippen LogP contribution is 2.33. The van der Waals surface area contributed by atoms with E-state index >= 15 is 0 Å². The number of methoxy groups -OCH3 is 1. The highest BCUT2D eigenvalue weighted by molar-refractivity contribution is 6.04. The number of para-hydroxylation sites is 1. The van der Waals surface area contributed by atoms with Crippen molar-refractivity contribution in [1.29, 1.82) is 0 Å². The molecule has 0 aliphatic carbocycles. The number of anilines is 4. The number of aromatic nitrogens is 9. The molecule has 11 rings (SSSR count). The molecule has 0 bridgehead atoms. The number of piperazine rings is 1. The molecule has 0 radical (unpaired) electrons. The molecule has 148 heavy (non-hydrogen) atoms. The molecule has 3 aliphatic heterocycles. The minimum Gasteiger partial charge on any atom is -0.492 e. The summed E-state index contributed by atoms with van der Waals surface area (Å²) in [6.45, 7) is 11.6. The first-order valence-electron chi connectivity index (χ1n) is 48.7. The Morgan fingerprint density at radius 3 is 1.51 bits per heavy atom. The van der Waals surface area contributed by atoms with Crippen molar-refractivity contribution in [3.63, 3.8) is 0 Å². The van der Waals surface area contributed by atoms with Crippen molar-refractivity contribution >= 4 is 112 Å². The SMILES string of the molecule is COc1c(OCCOCCOCCOCCOCCOCCNC(=O)CCNC(=O)c2nc(NC(=O)C3CC(NC(=O)CCNC(=O)c4nc(NC(=O)CCCNC(=O)C5CC(NC(=O)c6nc(NC(=O)CCNC(=O)c7cc(NC(=O)c8nccn8C)cn7C)cn6C)CN5C)cn4C)CN3C)cn2C)cccc1C(=O)N1CCN(C(=O)COc2cccc(OCCNC(=O)CNC(=O)c3ccc(C(C)(C)C)cc3)c2)CC1. The molecule has 4 unspecified atom stereocenters. The van der Waals surface area contributed by atoms with Crippen molar-refractivity contribution in [3.8, 4) is 23.0 Å². The number of ether oxygens (including phenoxy) is 9. The van der Waals surface area contributed by atoms with Crippen molar-refractivity contribution in [2.24, 2.45) is 35.2 Å². The number of hydrogen-bond donors (Lipinski definition) is 13. The summed E-state index contributed by atoms with van der Waals surface area (Å²) in [7, 11) is 13.0. The molecule has 50 nitrogen and oxygen atoms in total. The molecule has 3 aliphatic rings. The number of benzene rings is 3. The Morgan fingerprint density at radius 1 is 0.412 bits per heavy atom. The summed E-state index contributed by atoms with van der Waals surface area (Å²) in [5.74, 6) is -4.09. The summed E-state index contributed by atoms with van der Waals surface area (Å²) in [5.41, 5.74) is 2.46. The first-order chi connectivity index (χ1) is 71.0. The van der Waals surface area contributed by atoms with E-state index < -0.39 is 71.4 Å². The van der Waals surface area contributed by atoms with Crippen LogP contribution in [0.5, 0.6) is 23.0 Å². The Bertz CT molecular complexity index is 5900. The van der Waals surface area contributed by atoms with Crippen molar-refractivity contribution in [1.82, 2.24) is 110 Å². The molecule has 4 atom stereocenters. The van der Waals surface area contributed by atoms with Gasteiger partial charge >= 0.3 is 0 Å². The summed E-state index contributed by atoms with van der Waals surface area (Å²) in [4.78, 5) is 219. The fourth-order valence-electron chi connectivity index (χ4n) is 16.1. The van der Waals surface area contributed by atoms with E-state index in [-0.39, 0.29) is 242 Å². The number of likely N-dealkylation sites (tertiary alicyclic amines) is 2. The Morgan fingerprint density at radius 2 is 0.926 bits per heavy atom. The average molecular weight is 2060 g/mol. The zero-order chi connectivity index (χ0) is 106. The first kappa shape index (κ1) is 113. The molecule has 8 heterocycles. The second-order valence-corrected chi connectivity index (χ2v) is 36.3. The van der Waals surface area contributed by atoms with Gasteiger partial charge in [-0.25, -0.2) is 19.9 Å². The van der Waals surface area contributed by atoms with E-state index in [4.69, 9.17) is 42.6 Å². The van der Waals surface area contributed by atoms with Crippen LogP contribution in [0.3, 0.4) is 0 Å². The summed E-state index contributed by atoms with van der Waals surface area (Å²) in [6, 6.07) is 18.6. The number of carbonyl (C=O) groups excluding carboxylic acids is 15. The number of rotatable bonds is 57. The average Bonchev–Trinajstić information content (AvgIpc) is 1.30. The van der Waals surface area contributed by atoms with Gasteiger partial charge in [-0.05, 0) is 86.8 Å². The second kappa shape index (κ2) is 56.4. The zero-order valence-electron chi connectivity index (χ0n) is 85.1. The number of amides is 15. The molecule has 8 aromatic rings. The Labute approximate surface area is 855 Å². The van der Waals surface area contributed by atoms with Crippen LogP contribution in [0.4, 0.5) is 23.1 Å². The van der Waals surface area contributed by atoms with E-state index in [0.717, 1.165) is 5.56 Å². The molecule has 50 heteroatoms. The van der Waals surface area contributed by atoms with Crippen LogP contribution in [0.2, 0.25) is 0 Å². The molecule has 3 saturated heterocycles. The van der Waals surface area contributed by atoms with E-state index in [2.05, 4.69) is 110 Å². The molecular weight excluding hydrogens is 1930 g/mol. The summed E-state index contributed by atoms with van der Waals surface area (Å²) < 4.78 is 58.6. The van der Waals surface area contributed by atoms with Gasteiger partial charge in [0.15, 0.2) is 41.4 Å². The van der Waals surface area contributed by atoms with E-state index in [1.54, 1.807) is 140 Å². The van der Waals surface area contributed by atoms with Gasteiger partial charge in [0.2, 0.25) is 58.8 Å². The number of likely N-dealkylation sites (N-methyl/N-ethyl adjacent to an activating group) is 2. The van der Waals surface area contributed by atoms with Crippen LogP contribution in [-0.4, -0.2) is 367 Å². The molecule has 5 aromatic heterocycles. The summed E-state index contributed by atoms with van der Waals surface area (Å²) in [6.07, 6.45) is 9.69. The van der Waals surface area contributed by atoms with Gasteiger partial charge in [0.05, 0.1) is 110 Å². The Hall–Kier alpha value is -15.3. The second-order valence-electron chi connectivity index (χ2n) is 36.3. The maximum Gasteiger partial charge on any atom is 0.291 e. The van der Waals surface area contributed by atoms with Gasteiger partial charge in [0.1, 0.15) is 30.4 Å². The van der Waals surface area contributed by atoms with Crippen LogP contribution >= 0.6 is 0 Å². The van der Waals surface area contributed by atoms with E-state index in [1.807, 2.05) is 12.1 Å². The van der Waals surface area contributed by atoms with Crippen LogP contribution in [-0.2, 0) is 103 Å². The monoisotopic (exact) mass is 2060 g/mol. The lowest BCUT2D eigenvalue weighted by atomic mass is 9.87. The summed E-state index contributed by atoms with van der Waals surface area (Å²) >= 11 is 0. The van der Waals surface area contributed by atoms with Crippen LogP contribution in [0, 0.1) is 0 Å². The zero-order valence-corrected chi connectivity index (χ0v) is 85.1. The highest BCUT2D eigenvalue weighted by atomic mass is 16.6. The van der Waals surface area contributed by atoms with Gasteiger partial charge in [-0.1, -0.05) is 45.0 Å². The van der Waals surface area contributed by atoms with Gasteiger partial charge in [0, 0.05) is 194 Å². The third kappa shape index (κ3) is 35.0. The van der Waals surface area contributed by atoms with Crippen molar-refractivity contribution in [2.45, 2.75) is 95.3 Å². The third-order valence-corrected chi connectivity index (χ3v) is 23.9. The van der Waals surface area contributed by atoms with Gasteiger partial charge in [-0.2, -0.15) is 0 Å². The van der Waals surface area contributed by atoms with E-state index in [1.165, 1.54) is 56.2 Å². The number of nitrogens with zero attached hydrogens (tertiary/aromatic N) is 13. The predicted molar refractivity (Wildman–Crippen MR) is 536 cm³/mol. The molecular formula is C98H134N26O24. The number of imidazole rings is 4. The number of aryl methyl sites for hydroxylation is 5. The third-order valence-electron chi connectivity index (χ3n) is 23.9. The maximum absolute atomic E-state index is 13.8. The lowest BCUT2D eigenvalue weighted by Crippen LogP contribution is -2.51. The van der Waals surface area contributed by atoms with Crippen LogP contribution in [0.15, 0.2) is 110 Å². The fourth-order valence-corrected chi connectivity index (χ4v) is 16.1.